The van der Waals surface area contributed by atoms with Crippen molar-refractivity contribution in [2.24, 2.45) is 11.3 Å². The topological polar surface area (TPSA) is 86.8 Å². The molecule has 2 aliphatic rings. The van der Waals surface area contributed by atoms with Gasteiger partial charge in [0.2, 0.25) is 11.8 Å². The fraction of sp³-hybridized carbons (Fsp3) is 0.389. The molecule has 0 bridgehead atoms. The molecule has 1 fully saturated rings. The van der Waals surface area contributed by atoms with E-state index in [0.29, 0.717) is 29.9 Å². The molecular weight excluding hydrogens is 538 g/mol. The molecule has 1 aliphatic carbocycles. The molecule has 0 radical (unpaired) electrons. The van der Waals surface area contributed by atoms with E-state index in [1.807, 2.05) is 62.4 Å². The highest BCUT2D eigenvalue weighted by Gasteiger charge is 2.51. The first-order valence-electron chi connectivity index (χ1n) is 15.1. The van der Waals surface area contributed by atoms with E-state index in [4.69, 9.17) is 0 Å². The lowest BCUT2D eigenvalue weighted by Crippen LogP contribution is -2.62. The van der Waals surface area contributed by atoms with Gasteiger partial charge in [-0.1, -0.05) is 81.4 Å². The van der Waals surface area contributed by atoms with Gasteiger partial charge in [-0.2, -0.15) is 0 Å². The summed E-state index contributed by atoms with van der Waals surface area (Å²) in [5.41, 5.74) is 2.99. The summed E-state index contributed by atoms with van der Waals surface area (Å²) in [6.45, 7) is 10.3. The molecule has 7 heteroatoms. The highest BCUT2D eigenvalue weighted by atomic mass is 16.2. The van der Waals surface area contributed by atoms with Crippen molar-refractivity contribution in [1.29, 1.82) is 0 Å². The number of hydrogen-bond acceptors (Lipinski definition) is 4. The van der Waals surface area contributed by atoms with E-state index in [9.17, 15) is 19.2 Å². The number of anilines is 1. The summed E-state index contributed by atoms with van der Waals surface area (Å²) in [5.74, 6) is -1.25. The molecule has 43 heavy (non-hydrogen) atoms. The Kier molecular flexibility index (Phi) is 8.28. The molecule has 0 spiro atoms. The van der Waals surface area contributed by atoms with E-state index in [-0.39, 0.29) is 17.9 Å². The van der Waals surface area contributed by atoms with Crippen LogP contribution in [0.4, 0.5) is 5.69 Å². The Morgan fingerprint density at radius 2 is 1.37 bits per heavy atom. The van der Waals surface area contributed by atoms with Crippen molar-refractivity contribution >= 4 is 29.3 Å². The second-order valence-electron chi connectivity index (χ2n) is 13.1. The molecule has 4 amide bonds. The zero-order valence-corrected chi connectivity index (χ0v) is 25.8. The van der Waals surface area contributed by atoms with E-state index in [0.717, 1.165) is 40.1 Å². The van der Waals surface area contributed by atoms with Gasteiger partial charge in [0.05, 0.1) is 11.1 Å². The lowest BCUT2D eigenvalue weighted by atomic mass is 9.66. The maximum atomic E-state index is 14.6. The Morgan fingerprint density at radius 1 is 0.837 bits per heavy atom. The van der Waals surface area contributed by atoms with Crippen LogP contribution in [0.3, 0.4) is 0 Å². The Hall–Kier alpha value is -4.26. The van der Waals surface area contributed by atoms with Crippen molar-refractivity contribution in [2.75, 3.05) is 11.9 Å². The standard InChI is InChI=1S/C36H41N3O4/c1-24-12-11-13-25(2)31(24)37-34(43)36(20-18-27(19-21-36)35(3,4)5)39(22-26-14-7-6-8-15-26)30(40)23-38-32(41)28-16-9-10-17-29(28)33(38)42/h6-17,27H,18-23H2,1-5H3,(H,37,43). The predicted molar refractivity (Wildman–Crippen MR) is 167 cm³/mol. The van der Waals surface area contributed by atoms with Gasteiger partial charge in [-0.25, -0.2) is 0 Å². The fourth-order valence-corrected chi connectivity index (χ4v) is 6.67. The van der Waals surface area contributed by atoms with E-state index in [2.05, 4.69) is 26.1 Å². The van der Waals surface area contributed by atoms with Gasteiger partial charge in [-0.05, 0) is 79.7 Å². The Bertz CT molecular complexity index is 1490. The summed E-state index contributed by atoms with van der Waals surface area (Å²) >= 11 is 0. The molecule has 224 valence electrons. The van der Waals surface area contributed by atoms with Gasteiger partial charge in [0.25, 0.3) is 11.8 Å². The normalized spacial score (nSPS) is 20.1. The average Bonchev–Trinajstić information content (AvgIpc) is 3.22. The molecule has 1 saturated carbocycles. The molecule has 7 nitrogen and oxygen atoms in total. The van der Waals surface area contributed by atoms with Gasteiger partial charge < -0.3 is 10.2 Å². The minimum absolute atomic E-state index is 0.0592. The molecule has 3 aromatic carbocycles. The van der Waals surface area contributed by atoms with Crippen LogP contribution in [-0.4, -0.2) is 45.5 Å². The summed E-state index contributed by atoms with van der Waals surface area (Å²) in [6.07, 6.45) is 2.50. The number of hydrogen-bond donors (Lipinski definition) is 1. The summed E-state index contributed by atoms with van der Waals surface area (Å²) in [5, 5.41) is 3.21. The minimum Gasteiger partial charge on any atom is -0.324 e. The van der Waals surface area contributed by atoms with Crippen LogP contribution in [0.5, 0.6) is 0 Å². The van der Waals surface area contributed by atoms with Crippen LogP contribution in [0, 0.1) is 25.2 Å². The van der Waals surface area contributed by atoms with Gasteiger partial charge in [-0.15, -0.1) is 0 Å². The maximum Gasteiger partial charge on any atom is 0.262 e. The largest absolute Gasteiger partial charge is 0.324 e. The summed E-state index contributed by atoms with van der Waals surface area (Å²) in [6, 6.07) is 22.1. The number of para-hydroxylation sites is 1. The third-order valence-corrected chi connectivity index (χ3v) is 9.35. The van der Waals surface area contributed by atoms with Gasteiger partial charge in [0.15, 0.2) is 0 Å². The van der Waals surface area contributed by atoms with Gasteiger partial charge >= 0.3 is 0 Å². The van der Waals surface area contributed by atoms with E-state index < -0.39 is 29.8 Å². The van der Waals surface area contributed by atoms with E-state index in [1.54, 1.807) is 29.2 Å². The lowest BCUT2D eigenvalue weighted by molar-refractivity contribution is -0.150. The van der Waals surface area contributed by atoms with Gasteiger partial charge in [0, 0.05) is 12.2 Å². The predicted octanol–water partition coefficient (Wildman–Crippen LogP) is 6.54. The number of rotatable bonds is 7. The van der Waals surface area contributed by atoms with Crippen molar-refractivity contribution in [3.05, 3.63) is 101 Å². The first kappa shape index (κ1) is 30.2. The Balaban J connectivity index is 1.54. The fourth-order valence-electron chi connectivity index (χ4n) is 6.67. The molecule has 0 atom stereocenters. The monoisotopic (exact) mass is 579 g/mol. The van der Waals surface area contributed by atoms with Gasteiger partial charge in [-0.3, -0.25) is 24.1 Å². The Labute approximate surface area is 254 Å². The zero-order valence-electron chi connectivity index (χ0n) is 25.8. The maximum absolute atomic E-state index is 14.6. The quantitative estimate of drug-likeness (QED) is 0.322. The van der Waals surface area contributed by atoms with Crippen LogP contribution in [0.25, 0.3) is 0 Å². The number of carbonyl (C=O) groups excluding carboxylic acids is 4. The molecule has 0 unspecified atom stereocenters. The molecule has 1 aliphatic heterocycles. The first-order chi connectivity index (χ1) is 20.4. The SMILES string of the molecule is Cc1cccc(C)c1NC(=O)C1(N(Cc2ccccc2)C(=O)CN2C(=O)c3ccccc3C2=O)CCC(C(C)(C)C)CC1. The van der Waals surface area contributed by atoms with E-state index in [1.165, 1.54) is 0 Å². The van der Waals surface area contributed by atoms with Crippen LogP contribution in [0.15, 0.2) is 72.8 Å². The van der Waals surface area contributed by atoms with E-state index >= 15 is 0 Å². The van der Waals surface area contributed by atoms with Crippen molar-refractivity contribution in [3.8, 4) is 0 Å². The van der Waals surface area contributed by atoms with Crippen molar-refractivity contribution in [2.45, 2.75) is 72.4 Å². The number of benzene rings is 3. The molecule has 0 aromatic heterocycles. The van der Waals surface area contributed by atoms with Crippen LogP contribution in [0.1, 0.15) is 83.9 Å². The minimum atomic E-state index is -1.16. The van der Waals surface area contributed by atoms with Crippen molar-refractivity contribution < 1.29 is 19.2 Å². The number of nitrogens with zero attached hydrogens (tertiary/aromatic N) is 2. The van der Waals surface area contributed by atoms with Crippen molar-refractivity contribution in [3.63, 3.8) is 0 Å². The number of carbonyl (C=O) groups is 4. The average molecular weight is 580 g/mol. The van der Waals surface area contributed by atoms with Crippen LogP contribution < -0.4 is 5.32 Å². The Morgan fingerprint density at radius 3 is 1.91 bits per heavy atom. The second kappa shape index (κ2) is 11.8. The second-order valence-corrected chi connectivity index (χ2v) is 13.1. The highest BCUT2D eigenvalue weighted by molar-refractivity contribution is 6.22. The van der Waals surface area contributed by atoms with Gasteiger partial charge in [0.1, 0.15) is 12.1 Å². The number of aryl methyl sites for hydroxylation is 2. The third-order valence-electron chi connectivity index (χ3n) is 9.35. The molecule has 5 rings (SSSR count). The number of nitrogens with one attached hydrogen (secondary N) is 1. The van der Waals surface area contributed by atoms with Crippen LogP contribution in [-0.2, 0) is 16.1 Å². The van der Waals surface area contributed by atoms with Crippen LogP contribution >= 0.6 is 0 Å². The smallest absolute Gasteiger partial charge is 0.262 e. The summed E-state index contributed by atoms with van der Waals surface area (Å²) in [4.78, 5) is 58.1. The first-order valence-corrected chi connectivity index (χ1v) is 15.1. The van der Waals surface area contributed by atoms with Crippen LogP contribution in [0.2, 0.25) is 0 Å². The molecule has 0 saturated heterocycles. The molecule has 3 aromatic rings. The van der Waals surface area contributed by atoms with Crippen molar-refractivity contribution in [1.82, 2.24) is 9.80 Å². The zero-order chi connectivity index (χ0) is 30.9. The molecular formula is C36H41N3O4. The number of imide groups is 1. The number of amides is 4. The number of fused-ring (bicyclic) bond motifs is 1. The summed E-state index contributed by atoms with van der Waals surface area (Å²) < 4.78 is 0. The highest BCUT2D eigenvalue weighted by Crippen LogP contribution is 2.45. The lowest BCUT2D eigenvalue weighted by Gasteiger charge is -2.49. The molecule has 1 heterocycles. The molecule has 1 N–H and O–H groups in total. The third kappa shape index (κ3) is 5.85. The summed E-state index contributed by atoms with van der Waals surface area (Å²) in [7, 11) is 0.